The van der Waals surface area contributed by atoms with Crippen LogP contribution in [0.1, 0.15) is 46.3 Å². The number of nitrogens with one attached hydrogen (secondary N) is 1. The SMILES string of the molecule is Cc1nc(N2CCN(S(=O)(=O)c3ccc(OC(F)(F)F)cc3)[C@@H](C(=O)NCc3ccc(C(C)C)cc3)C2)sc1C(N)=O. The van der Waals surface area contributed by atoms with Crippen LogP contribution in [0.2, 0.25) is 0 Å². The second-order valence-corrected chi connectivity index (χ2v) is 12.9. The lowest BCUT2D eigenvalue weighted by Gasteiger charge is -2.39. The van der Waals surface area contributed by atoms with Crippen molar-refractivity contribution in [3.05, 3.63) is 70.2 Å². The number of nitrogens with two attached hydrogens (primary N) is 1. The third-order valence-corrected chi connectivity index (χ3v) is 9.85. The van der Waals surface area contributed by atoms with Crippen molar-refractivity contribution >= 4 is 38.3 Å². The van der Waals surface area contributed by atoms with Crippen molar-refractivity contribution in [2.75, 3.05) is 24.5 Å². The van der Waals surface area contributed by atoms with Gasteiger partial charge in [0.2, 0.25) is 15.9 Å². The third kappa shape index (κ3) is 7.20. The van der Waals surface area contributed by atoms with Gasteiger partial charge in [-0.2, -0.15) is 4.31 Å². The summed E-state index contributed by atoms with van der Waals surface area (Å²) in [4.78, 5) is 31.3. The zero-order valence-electron chi connectivity index (χ0n) is 23.0. The van der Waals surface area contributed by atoms with Gasteiger partial charge in [-0.3, -0.25) is 9.59 Å². The largest absolute Gasteiger partial charge is 0.573 e. The highest BCUT2D eigenvalue weighted by atomic mass is 32.2. The monoisotopic (exact) mass is 625 g/mol. The number of ether oxygens (including phenoxy) is 1. The summed E-state index contributed by atoms with van der Waals surface area (Å²) >= 11 is 1.05. The number of carbonyl (C=O) groups excluding carboxylic acids is 2. The minimum absolute atomic E-state index is 0.0855. The van der Waals surface area contributed by atoms with Crippen molar-refractivity contribution in [2.45, 2.75) is 50.5 Å². The maximum absolute atomic E-state index is 13.7. The van der Waals surface area contributed by atoms with Gasteiger partial charge in [0.05, 0.1) is 10.6 Å². The van der Waals surface area contributed by atoms with Crippen molar-refractivity contribution in [3.63, 3.8) is 0 Å². The molecule has 2 aromatic carbocycles. The first kappa shape index (κ1) is 31.3. The van der Waals surface area contributed by atoms with E-state index < -0.39 is 40.0 Å². The van der Waals surface area contributed by atoms with Crippen molar-refractivity contribution in [1.82, 2.24) is 14.6 Å². The first-order valence-corrected chi connectivity index (χ1v) is 15.2. The number of alkyl halides is 3. The topological polar surface area (TPSA) is 135 Å². The van der Waals surface area contributed by atoms with Gasteiger partial charge in [0, 0.05) is 26.2 Å². The number of sulfonamides is 1. The number of benzene rings is 2. The van der Waals surface area contributed by atoms with Gasteiger partial charge in [-0.25, -0.2) is 13.4 Å². The van der Waals surface area contributed by atoms with E-state index in [1.807, 2.05) is 24.3 Å². The molecule has 3 N–H and O–H groups in total. The third-order valence-electron chi connectivity index (χ3n) is 6.69. The van der Waals surface area contributed by atoms with Gasteiger partial charge in [0.1, 0.15) is 16.7 Å². The van der Waals surface area contributed by atoms with Crippen LogP contribution in [-0.4, -0.2) is 61.6 Å². The van der Waals surface area contributed by atoms with Crippen LogP contribution in [0.4, 0.5) is 18.3 Å². The Morgan fingerprint density at radius 3 is 2.31 bits per heavy atom. The Labute approximate surface area is 245 Å². The van der Waals surface area contributed by atoms with Crippen molar-refractivity contribution in [3.8, 4) is 5.75 Å². The zero-order valence-corrected chi connectivity index (χ0v) is 24.6. The number of rotatable bonds is 9. The molecule has 0 saturated carbocycles. The minimum atomic E-state index is -4.93. The molecular formula is C27H30F3N5O5S2. The molecule has 0 unspecified atom stereocenters. The second kappa shape index (κ2) is 12.3. The molecule has 1 fully saturated rings. The highest BCUT2D eigenvalue weighted by molar-refractivity contribution is 7.89. The van der Waals surface area contributed by atoms with E-state index in [1.165, 1.54) is 0 Å². The number of halogens is 3. The molecule has 2 heterocycles. The molecule has 3 aromatic rings. The lowest BCUT2D eigenvalue weighted by molar-refractivity contribution is -0.274. The molecular weight excluding hydrogens is 595 g/mol. The van der Waals surface area contributed by atoms with Crippen molar-refractivity contribution in [1.29, 1.82) is 0 Å². The highest BCUT2D eigenvalue weighted by Gasteiger charge is 2.41. The molecule has 1 aromatic heterocycles. The molecule has 1 aliphatic rings. The van der Waals surface area contributed by atoms with Crippen molar-refractivity contribution in [2.24, 2.45) is 5.73 Å². The van der Waals surface area contributed by atoms with Crippen LogP contribution in [0.3, 0.4) is 0 Å². The summed E-state index contributed by atoms with van der Waals surface area (Å²) in [7, 11) is -4.32. The number of aromatic nitrogens is 1. The van der Waals surface area contributed by atoms with E-state index in [4.69, 9.17) is 5.73 Å². The molecule has 10 nitrogen and oxygen atoms in total. The average molecular weight is 626 g/mol. The fourth-order valence-corrected chi connectivity index (χ4v) is 6.99. The summed E-state index contributed by atoms with van der Waals surface area (Å²) in [5.74, 6) is -1.46. The maximum atomic E-state index is 13.7. The van der Waals surface area contributed by atoms with Crippen LogP contribution >= 0.6 is 11.3 Å². The molecule has 1 aliphatic heterocycles. The quantitative estimate of drug-likeness (QED) is 0.370. The number of carbonyl (C=O) groups is 2. The molecule has 2 amide bonds. The Hall–Kier alpha value is -3.69. The maximum Gasteiger partial charge on any atom is 0.573 e. The molecule has 1 saturated heterocycles. The second-order valence-electron chi connectivity index (χ2n) is 9.99. The summed E-state index contributed by atoms with van der Waals surface area (Å²) in [5, 5.41) is 3.22. The predicted octanol–water partition coefficient (Wildman–Crippen LogP) is 3.77. The van der Waals surface area contributed by atoms with Gasteiger partial charge in [-0.1, -0.05) is 49.4 Å². The molecule has 0 radical (unpaired) electrons. The van der Waals surface area contributed by atoms with Gasteiger partial charge in [0.15, 0.2) is 5.13 Å². The van der Waals surface area contributed by atoms with Gasteiger partial charge >= 0.3 is 6.36 Å². The standard InChI is InChI=1S/C27H30F3N5O5S2/c1-16(2)19-6-4-18(5-7-19)14-32-25(37)22-15-34(26-33-17(3)23(41-26)24(31)36)12-13-35(22)42(38,39)21-10-8-20(9-11-21)40-27(28,29)30/h4-11,16,22H,12-15H2,1-3H3,(H2,31,36)(H,32,37)/t22-/m1/s1. The van der Waals surface area contributed by atoms with Gasteiger partial charge in [-0.15, -0.1) is 13.2 Å². The number of aryl methyl sites for hydroxylation is 1. The zero-order chi connectivity index (χ0) is 30.8. The molecule has 42 heavy (non-hydrogen) atoms. The molecule has 4 rings (SSSR count). The number of nitrogens with zero attached hydrogens (tertiary/aromatic N) is 3. The van der Waals surface area contributed by atoms with E-state index in [0.29, 0.717) is 16.7 Å². The Balaban J connectivity index is 1.60. The number of amides is 2. The van der Waals surface area contributed by atoms with Crippen LogP contribution in [0, 0.1) is 6.92 Å². The van der Waals surface area contributed by atoms with Gasteiger partial charge < -0.3 is 20.7 Å². The number of primary amides is 1. The number of anilines is 1. The highest BCUT2D eigenvalue weighted by Crippen LogP contribution is 2.31. The number of thiazole rings is 1. The normalized spacial score (nSPS) is 16.5. The van der Waals surface area contributed by atoms with E-state index >= 15 is 0 Å². The van der Waals surface area contributed by atoms with E-state index in [-0.39, 0.29) is 36.0 Å². The Kier molecular flexibility index (Phi) is 9.13. The average Bonchev–Trinajstić information content (AvgIpc) is 3.33. The summed E-state index contributed by atoms with van der Waals surface area (Å²) in [6.45, 7) is 5.82. The van der Waals surface area contributed by atoms with Crippen LogP contribution < -0.4 is 20.7 Å². The lowest BCUT2D eigenvalue weighted by atomic mass is 10.0. The Morgan fingerprint density at radius 1 is 1.12 bits per heavy atom. The fourth-order valence-electron chi connectivity index (χ4n) is 4.46. The van der Waals surface area contributed by atoms with Crippen molar-refractivity contribution < 1.29 is 35.9 Å². The Morgan fingerprint density at radius 2 is 1.76 bits per heavy atom. The van der Waals surface area contributed by atoms with Crippen LogP contribution in [0.5, 0.6) is 5.75 Å². The first-order chi connectivity index (χ1) is 19.7. The summed E-state index contributed by atoms with van der Waals surface area (Å²) in [6.07, 6.45) is -4.93. The minimum Gasteiger partial charge on any atom is -0.406 e. The molecule has 0 bridgehead atoms. The summed E-state index contributed by atoms with van der Waals surface area (Å²) < 4.78 is 69.9. The van der Waals surface area contributed by atoms with E-state index in [2.05, 4.69) is 28.9 Å². The van der Waals surface area contributed by atoms with Crippen LogP contribution in [-0.2, 0) is 21.4 Å². The smallest absolute Gasteiger partial charge is 0.406 e. The predicted molar refractivity (Wildman–Crippen MR) is 151 cm³/mol. The lowest BCUT2D eigenvalue weighted by Crippen LogP contribution is -2.60. The van der Waals surface area contributed by atoms with E-state index in [1.54, 1.807) is 11.8 Å². The number of piperazine rings is 1. The van der Waals surface area contributed by atoms with E-state index in [0.717, 1.165) is 51.0 Å². The summed E-state index contributed by atoms with van der Waals surface area (Å²) in [5.41, 5.74) is 7.80. The van der Waals surface area contributed by atoms with Gasteiger partial charge in [0.25, 0.3) is 5.91 Å². The summed E-state index contributed by atoms with van der Waals surface area (Å²) in [6, 6.07) is 10.3. The molecule has 1 atom stereocenters. The molecule has 15 heteroatoms. The molecule has 0 spiro atoms. The van der Waals surface area contributed by atoms with E-state index in [9.17, 15) is 31.2 Å². The molecule has 0 aliphatic carbocycles. The molecule has 226 valence electrons. The van der Waals surface area contributed by atoms with Crippen LogP contribution in [0.15, 0.2) is 53.4 Å². The first-order valence-electron chi connectivity index (χ1n) is 12.9. The van der Waals surface area contributed by atoms with Crippen LogP contribution in [0.25, 0.3) is 0 Å². The number of hydrogen-bond acceptors (Lipinski definition) is 8. The Bertz CT molecular complexity index is 1540. The number of hydrogen-bond donors (Lipinski definition) is 2. The van der Waals surface area contributed by atoms with Gasteiger partial charge in [-0.05, 0) is 48.2 Å². The fraction of sp³-hybridized carbons (Fsp3) is 0.370.